The first-order valence-electron chi connectivity index (χ1n) is 2.88. The predicted octanol–water partition coefficient (Wildman–Crippen LogP) is 0.921. The first-order valence-corrected chi connectivity index (χ1v) is 2.88. The van der Waals surface area contributed by atoms with Gasteiger partial charge in [-0.15, -0.1) is 0 Å². The number of halogens is 2. The Morgan fingerprint density at radius 2 is 2.30 bits per heavy atom. The van der Waals surface area contributed by atoms with E-state index in [4.69, 9.17) is 0 Å². The van der Waals surface area contributed by atoms with Gasteiger partial charge in [-0.05, 0) is 13.8 Å². The van der Waals surface area contributed by atoms with Crippen LogP contribution in [0.5, 0.6) is 0 Å². The van der Waals surface area contributed by atoms with E-state index in [9.17, 15) is 8.78 Å². The van der Waals surface area contributed by atoms with E-state index in [1.54, 1.807) is 6.92 Å². The minimum Gasteiger partial charge on any atom is -0.259 e. The molecule has 0 aromatic heterocycles. The van der Waals surface area contributed by atoms with Gasteiger partial charge in [-0.1, -0.05) is 0 Å². The number of nitrogens with one attached hydrogen (secondary N) is 1. The fraction of sp³-hybridized carbons (Fsp3) is 0.800. The smallest absolute Gasteiger partial charge is 0.259 e. The zero-order chi connectivity index (χ0) is 7.78. The zero-order valence-electron chi connectivity index (χ0n) is 5.69. The van der Waals surface area contributed by atoms with Crippen LogP contribution in [-0.4, -0.2) is 18.0 Å². The third kappa shape index (κ3) is 1.23. The third-order valence-electron chi connectivity index (χ3n) is 1.21. The lowest BCUT2D eigenvalue weighted by Gasteiger charge is -2.25. The molecule has 10 heavy (non-hydrogen) atoms. The van der Waals surface area contributed by atoms with Crippen molar-refractivity contribution in [3.05, 3.63) is 0 Å². The molecule has 0 aliphatic carbocycles. The number of hydroxylamine groups is 1. The first-order chi connectivity index (χ1) is 4.52. The number of hydrogen-bond acceptors (Lipinski definition) is 3. The highest BCUT2D eigenvalue weighted by Crippen LogP contribution is 2.23. The van der Waals surface area contributed by atoms with E-state index in [0.29, 0.717) is 5.84 Å². The molecule has 1 unspecified atom stereocenters. The molecule has 3 nitrogen and oxygen atoms in total. The summed E-state index contributed by atoms with van der Waals surface area (Å²) in [6.07, 6.45) is -3.18. The topological polar surface area (TPSA) is 33.6 Å². The van der Waals surface area contributed by atoms with Crippen LogP contribution in [0.15, 0.2) is 4.99 Å². The van der Waals surface area contributed by atoms with E-state index in [-0.39, 0.29) is 0 Å². The summed E-state index contributed by atoms with van der Waals surface area (Å²) in [6, 6.07) is -1.10. The lowest BCUT2D eigenvalue weighted by molar-refractivity contribution is -0.274. The van der Waals surface area contributed by atoms with Crippen molar-refractivity contribution < 1.29 is 13.6 Å². The molecule has 0 amide bonds. The van der Waals surface area contributed by atoms with Gasteiger partial charge < -0.3 is 0 Å². The molecule has 58 valence electrons. The summed E-state index contributed by atoms with van der Waals surface area (Å²) >= 11 is 0. The normalized spacial score (nSPS) is 30.8. The van der Waals surface area contributed by atoms with Crippen molar-refractivity contribution in [2.24, 2.45) is 4.99 Å². The Hall–Kier alpha value is -0.710. The standard InChI is InChI=1S/C5H8F2N2O/c1-3-5(6,7)10-9-4(2)8-3/h3H,1-2H3,(H,8,9). The van der Waals surface area contributed by atoms with Crippen LogP contribution in [-0.2, 0) is 4.84 Å². The van der Waals surface area contributed by atoms with E-state index >= 15 is 0 Å². The number of aliphatic imine (C=N–C) groups is 1. The number of rotatable bonds is 0. The maximum atomic E-state index is 12.4. The molecule has 1 rings (SSSR count). The highest BCUT2D eigenvalue weighted by molar-refractivity contribution is 5.79. The molecule has 1 N–H and O–H groups in total. The van der Waals surface area contributed by atoms with Gasteiger partial charge in [0.1, 0.15) is 11.9 Å². The number of alkyl halides is 2. The molecule has 0 aromatic carbocycles. The number of hydrogen-bond donors (Lipinski definition) is 1. The quantitative estimate of drug-likeness (QED) is 0.557. The zero-order valence-corrected chi connectivity index (χ0v) is 5.69. The second kappa shape index (κ2) is 2.16. The Balaban J connectivity index is 2.74. The van der Waals surface area contributed by atoms with Crippen LogP contribution in [0, 0.1) is 0 Å². The SMILES string of the molecule is CC1=NC(C)C(F)(F)ON1. The fourth-order valence-electron chi connectivity index (χ4n) is 0.619. The van der Waals surface area contributed by atoms with E-state index in [2.05, 4.69) is 9.83 Å². The average molecular weight is 150 g/mol. The molecular weight excluding hydrogens is 142 g/mol. The molecule has 1 heterocycles. The van der Waals surface area contributed by atoms with Gasteiger partial charge in [0.15, 0.2) is 0 Å². The highest BCUT2D eigenvalue weighted by atomic mass is 19.3. The molecule has 0 spiro atoms. The van der Waals surface area contributed by atoms with Crippen molar-refractivity contribution in [2.75, 3.05) is 0 Å². The minimum absolute atomic E-state index is 0.374. The van der Waals surface area contributed by atoms with Gasteiger partial charge in [-0.25, -0.2) is 10.3 Å². The lowest BCUT2D eigenvalue weighted by Crippen LogP contribution is -2.45. The van der Waals surface area contributed by atoms with E-state index in [0.717, 1.165) is 0 Å². The van der Waals surface area contributed by atoms with Crippen molar-refractivity contribution in [1.29, 1.82) is 0 Å². The second-order valence-corrected chi connectivity index (χ2v) is 2.16. The van der Waals surface area contributed by atoms with Crippen LogP contribution in [0.25, 0.3) is 0 Å². The molecule has 0 aromatic rings. The summed E-state index contributed by atoms with van der Waals surface area (Å²) in [7, 11) is 0. The maximum absolute atomic E-state index is 12.4. The summed E-state index contributed by atoms with van der Waals surface area (Å²) < 4.78 is 24.8. The molecule has 0 radical (unpaired) electrons. The van der Waals surface area contributed by atoms with Gasteiger partial charge in [0.05, 0.1) is 0 Å². The van der Waals surface area contributed by atoms with Crippen LogP contribution in [0.2, 0.25) is 0 Å². The van der Waals surface area contributed by atoms with Gasteiger partial charge in [-0.2, -0.15) is 8.78 Å². The molecule has 5 heteroatoms. The average Bonchev–Trinajstić information content (AvgIpc) is 1.81. The van der Waals surface area contributed by atoms with Crippen LogP contribution < -0.4 is 5.48 Å². The van der Waals surface area contributed by atoms with Gasteiger partial charge >= 0.3 is 6.11 Å². The first kappa shape index (κ1) is 7.40. The van der Waals surface area contributed by atoms with Crippen LogP contribution in [0.4, 0.5) is 8.78 Å². The van der Waals surface area contributed by atoms with Gasteiger partial charge in [0, 0.05) is 0 Å². The van der Waals surface area contributed by atoms with Crippen LogP contribution >= 0.6 is 0 Å². The molecule has 1 aliphatic rings. The molecule has 0 saturated heterocycles. The molecule has 0 saturated carbocycles. The number of nitrogens with zero attached hydrogens (tertiary/aromatic N) is 1. The summed E-state index contributed by atoms with van der Waals surface area (Å²) in [6.45, 7) is 2.86. The predicted molar refractivity (Wildman–Crippen MR) is 31.7 cm³/mol. The van der Waals surface area contributed by atoms with E-state index in [1.165, 1.54) is 6.92 Å². The van der Waals surface area contributed by atoms with Crippen molar-refractivity contribution in [1.82, 2.24) is 5.48 Å². The van der Waals surface area contributed by atoms with Gasteiger partial charge in [-0.3, -0.25) is 4.99 Å². The minimum atomic E-state index is -3.18. The Kier molecular flexibility index (Phi) is 1.60. The highest BCUT2D eigenvalue weighted by Gasteiger charge is 2.41. The van der Waals surface area contributed by atoms with Gasteiger partial charge in [0.25, 0.3) is 0 Å². The summed E-state index contributed by atoms with van der Waals surface area (Å²) in [5.74, 6) is 0.374. The fourth-order valence-corrected chi connectivity index (χ4v) is 0.619. The number of amidine groups is 1. The summed E-state index contributed by atoms with van der Waals surface area (Å²) in [5.41, 5.74) is 2.00. The largest absolute Gasteiger partial charge is 0.397 e. The molecule has 1 aliphatic heterocycles. The second-order valence-electron chi connectivity index (χ2n) is 2.16. The van der Waals surface area contributed by atoms with E-state index in [1.807, 2.05) is 5.48 Å². The Morgan fingerprint density at radius 3 is 2.70 bits per heavy atom. The summed E-state index contributed by atoms with van der Waals surface area (Å²) in [4.78, 5) is 7.54. The summed E-state index contributed by atoms with van der Waals surface area (Å²) in [5, 5.41) is 0. The van der Waals surface area contributed by atoms with E-state index < -0.39 is 12.2 Å². The molecular formula is C5H8F2N2O. The van der Waals surface area contributed by atoms with Crippen LogP contribution in [0.1, 0.15) is 13.8 Å². The monoisotopic (exact) mass is 150 g/mol. The Labute approximate surface area is 57.0 Å². The maximum Gasteiger partial charge on any atom is 0.397 e. The molecule has 0 fully saturated rings. The molecule has 0 bridgehead atoms. The van der Waals surface area contributed by atoms with Crippen molar-refractivity contribution in [3.8, 4) is 0 Å². The molecule has 1 atom stereocenters. The van der Waals surface area contributed by atoms with Crippen molar-refractivity contribution >= 4 is 5.84 Å². The van der Waals surface area contributed by atoms with Gasteiger partial charge in [0.2, 0.25) is 0 Å². The van der Waals surface area contributed by atoms with Crippen molar-refractivity contribution in [2.45, 2.75) is 26.0 Å². The third-order valence-corrected chi connectivity index (χ3v) is 1.21. The van der Waals surface area contributed by atoms with Crippen molar-refractivity contribution in [3.63, 3.8) is 0 Å². The lowest BCUT2D eigenvalue weighted by atomic mass is 10.3. The van der Waals surface area contributed by atoms with Crippen LogP contribution in [0.3, 0.4) is 0 Å². The Morgan fingerprint density at radius 1 is 1.70 bits per heavy atom. The Bertz CT molecular complexity index is 169.